The number of carbonyl (C=O) groups is 1. The summed E-state index contributed by atoms with van der Waals surface area (Å²) in [5.41, 5.74) is 1.60. The first-order chi connectivity index (χ1) is 8.63. The van der Waals surface area contributed by atoms with Crippen LogP contribution in [0.25, 0.3) is 11.3 Å². The van der Waals surface area contributed by atoms with Crippen LogP contribution in [0.15, 0.2) is 34.9 Å². The van der Waals surface area contributed by atoms with Gasteiger partial charge in [-0.2, -0.15) is 0 Å². The fourth-order valence-electron chi connectivity index (χ4n) is 1.75. The maximum absolute atomic E-state index is 11.2. The second-order valence-corrected chi connectivity index (χ2v) is 4.75. The first-order valence-corrected chi connectivity index (χ1v) is 6.31. The minimum absolute atomic E-state index is 0.461. The first kappa shape index (κ1) is 12.8. The number of carboxylic acids is 1. The Balaban J connectivity index is 2.44. The molecule has 18 heavy (non-hydrogen) atoms. The van der Waals surface area contributed by atoms with Crippen molar-refractivity contribution >= 4 is 21.9 Å². The fourth-order valence-corrected chi connectivity index (χ4v) is 2.02. The van der Waals surface area contributed by atoms with Gasteiger partial charge in [0.15, 0.2) is 6.04 Å². The lowest BCUT2D eigenvalue weighted by Gasteiger charge is -2.13. The largest absolute Gasteiger partial charge is 0.480 e. The predicted octanol–water partition coefficient (Wildman–Crippen LogP) is 2.74. The topological polar surface area (TPSA) is 68.0 Å². The van der Waals surface area contributed by atoms with Gasteiger partial charge in [0.1, 0.15) is 0 Å². The molecule has 1 aromatic carbocycles. The first-order valence-electron chi connectivity index (χ1n) is 5.52. The standard InChI is InChI=1S/C12H12BrN3O2/c1-2-10(12(17)18)16-11(7-14-15-16)8-3-5-9(13)6-4-8/h3-7,10H,2H2,1H3,(H,17,18). The Kier molecular flexibility index (Phi) is 3.76. The van der Waals surface area contributed by atoms with E-state index >= 15 is 0 Å². The van der Waals surface area contributed by atoms with Gasteiger partial charge in [-0.25, -0.2) is 9.48 Å². The van der Waals surface area contributed by atoms with Crippen LogP contribution >= 0.6 is 15.9 Å². The van der Waals surface area contributed by atoms with E-state index in [0.29, 0.717) is 12.1 Å². The second kappa shape index (κ2) is 5.30. The molecule has 2 rings (SSSR count). The van der Waals surface area contributed by atoms with Crippen LogP contribution in [0, 0.1) is 0 Å². The molecule has 1 unspecified atom stereocenters. The molecule has 94 valence electrons. The van der Waals surface area contributed by atoms with Crippen LogP contribution in [-0.2, 0) is 4.79 Å². The van der Waals surface area contributed by atoms with Crippen LogP contribution in [0.2, 0.25) is 0 Å². The van der Waals surface area contributed by atoms with E-state index in [2.05, 4.69) is 26.2 Å². The summed E-state index contributed by atoms with van der Waals surface area (Å²) in [5, 5.41) is 16.9. The van der Waals surface area contributed by atoms with Gasteiger partial charge in [-0.3, -0.25) is 0 Å². The highest BCUT2D eigenvalue weighted by Gasteiger charge is 2.21. The molecule has 5 nitrogen and oxygen atoms in total. The van der Waals surface area contributed by atoms with Crippen LogP contribution < -0.4 is 0 Å². The van der Waals surface area contributed by atoms with Crippen molar-refractivity contribution in [1.29, 1.82) is 0 Å². The van der Waals surface area contributed by atoms with Gasteiger partial charge in [0, 0.05) is 10.0 Å². The van der Waals surface area contributed by atoms with Crippen LogP contribution in [-0.4, -0.2) is 26.1 Å². The minimum Gasteiger partial charge on any atom is -0.480 e. The minimum atomic E-state index is -0.902. The number of rotatable bonds is 4. The molecule has 0 amide bonds. The van der Waals surface area contributed by atoms with Crippen molar-refractivity contribution in [2.24, 2.45) is 0 Å². The highest BCUT2D eigenvalue weighted by molar-refractivity contribution is 9.10. The Morgan fingerprint density at radius 2 is 2.11 bits per heavy atom. The van der Waals surface area contributed by atoms with Crippen molar-refractivity contribution in [2.45, 2.75) is 19.4 Å². The molecule has 0 aliphatic carbocycles. The number of aromatic nitrogens is 3. The number of benzene rings is 1. The molecule has 0 saturated carbocycles. The molecule has 1 heterocycles. The van der Waals surface area contributed by atoms with Crippen molar-refractivity contribution in [3.05, 3.63) is 34.9 Å². The van der Waals surface area contributed by atoms with Gasteiger partial charge in [-0.15, -0.1) is 5.10 Å². The monoisotopic (exact) mass is 309 g/mol. The zero-order chi connectivity index (χ0) is 13.1. The van der Waals surface area contributed by atoms with Crippen molar-refractivity contribution < 1.29 is 9.90 Å². The molecule has 0 bridgehead atoms. The summed E-state index contributed by atoms with van der Waals surface area (Å²) in [6.07, 6.45) is 2.04. The Morgan fingerprint density at radius 1 is 1.44 bits per heavy atom. The molecule has 0 fully saturated rings. The Bertz CT molecular complexity index is 551. The highest BCUT2D eigenvalue weighted by Crippen LogP contribution is 2.24. The van der Waals surface area contributed by atoms with Gasteiger partial charge in [-0.1, -0.05) is 40.2 Å². The molecule has 2 aromatic rings. The van der Waals surface area contributed by atoms with Crippen LogP contribution in [0.3, 0.4) is 0 Å². The molecule has 0 spiro atoms. The summed E-state index contributed by atoms with van der Waals surface area (Å²) >= 11 is 3.36. The third kappa shape index (κ3) is 2.43. The van der Waals surface area contributed by atoms with Crippen molar-refractivity contribution in [2.75, 3.05) is 0 Å². The average molecular weight is 310 g/mol. The van der Waals surface area contributed by atoms with E-state index < -0.39 is 12.0 Å². The highest BCUT2D eigenvalue weighted by atomic mass is 79.9. The lowest BCUT2D eigenvalue weighted by molar-refractivity contribution is -0.141. The number of halogens is 1. The lowest BCUT2D eigenvalue weighted by atomic mass is 10.1. The summed E-state index contributed by atoms with van der Waals surface area (Å²) in [7, 11) is 0. The van der Waals surface area contributed by atoms with E-state index in [1.165, 1.54) is 4.68 Å². The van der Waals surface area contributed by atoms with E-state index in [0.717, 1.165) is 10.0 Å². The summed E-state index contributed by atoms with van der Waals surface area (Å²) in [6.45, 7) is 1.81. The van der Waals surface area contributed by atoms with Crippen molar-refractivity contribution in [1.82, 2.24) is 15.0 Å². The maximum atomic E-state index is 11.2. The van der Waals surface area contributed by atoms with Gasteiger partial charge in [0.05, 0.1) is 11.9 Å². The molecule has 6 heteroatoms. The number of carboxylic acid groups (broad SMARTS) is 1. The molecule has 0 saturated heterocycles. The number of nitrogens with zero attached hydrogens (tertiary/aromatic N) is 3. The Morgan fingerprint density at radius 3 is 2.67 bits per heavy atom. The normalized spacial score (nSPS) is 12.3. The predicted molar refractivity (Wildman–Crippen MR) is 70.1 cm³/mol. The van der Waals surface area contributed by atoms with Crippen molar-refractivity contribution in [3.63, 3.8) is 0 Å². The van der Waals surface area contributed by atoms with Crippen LogP contribution in [0.5, 0.6) is 0 Å². The van der Waals surface area contributed by atoms with Gasteiger partial charge in [0.2, 0.25) is 0 Å². The van der Waals surface area contributed by atoms with Gasteiger partial charge in [0.25, 0.3) is 0 Å². The lowest BCUT2D eigenvalue weighted by Crippen LogP contribution is -2.20. The van der Waals surface area contributed by atoms with E-state index in [-0.39, 0.29) is 0 Å². The zero-order valence-corrected chi connectivity index (χ0v) is 11.3. The molecular formula is C12H12BrN3O2. The zero-order valence-electron chi connectivity index (χ0n) is 9.75. The summed E-state index contributed by atoms with van der Waals surface area (Å²) in [6, 6.07) is 6.90. The van der Waals surface area contributed by atoms with Crippen LogP contribution in [0.1, 0.15) is 19.4 Å². The van der Waals surface area contributed by atoms with E-state index in [1.807, 2.05) is 31.2 Å². The summed E-state index contributed by atoms with van der Waals surface area (Å²) < 4.78 is 2.42. The Labute approximate surface area is 113 Å². The summed E-state index contributed by atoms with van der Waals surface area (Å²) in [4.78, 5) is 11.2. The van der Waals surface area contributed by atoms with Gasteiger partial charge >= 0.3 is 5.97 Å². The van der Waals surface area contributed by atoms with Crippen LogP contribution in [0.4, 0.5) is 0 Å². The number of aliphatic carboxylic acids is 1. The second-order valence-electron chi connectivity index (χ2n) is 3.83. The number of hydrogen-bond acceptors (Lipinski definition) is 3. The average Bonchev–Trinajstić information content (AvgIpc) is 2.79. The summed E-state index contributed by atoms with van der Waals surface area (Å²) in [5.74, 6) is -0.902. The SMILES string of the molecule is CCC(C(=O)O)n1nncc1-c1ccc(Br)cc1. The third-order valence-electron chi connectivity index (χ3n) is 2.68. The quantitative estimate of drug-likeness (QED) is 0.943. The smallest absolute Gasteiger partial charge is 0.328 e. The fraction of sp³-hybridized carbons (Fsp3) is 0.250. The van der Waals surface area contributed by atoms with Crippen molar-refractivity contribution in [3.8, 4) is 11.3 Å². The molecule has 0 aliphatic heterocycles. The van der Waals surface area contributed by atoms with Gasteiger partial charge in [-0.05, 0) is 18.6 Å². The molecule has 1 aromatic heterocycles. The van der Waals surface area contributed by atoms with E-state index in [1.54, 1.807) is 6.20 Å². The Hall–Kier alpha value is -1.69. The third-order valence-corrected chi connectivity index (χ3v) is 3.21. The molecule has 1 atom stereocenters. The number of hydrogen-bond donors (Lipinski definition) is 1. The van der Waals surface area contributed by atoms with Gasteiger partial charge < -0.3 is 5.11 Å². The molecule has 1 N–H and O–H groups in total. The molecular weight excluding hydrogens is 298 g/mol. The van der Waals surface area contributed by atoms with E-state index in [4.69, 9.17) is 5.11 Å². The molecule has 0 aliphatic rings. The molecule has 0 radical (unpaired) electrons. The maximum Gasteiger partial charge on any atom is 0.328 e. The van der Waals surface area contributed by atoms with E-state index in [9.17, 15) is 4.79 Å².